The van der Waals surface area contributed by atoms with Gasteiger partial charge in [-0.25, -0.2) is 0 Å². The van der Waals surface area contributed by atoms with Gasteiger partial charge in [0.15, 0.2) is 5.96 Å². The van der Waals surface area contributed by atoms with Crippen LogP contribution in [0.5, 0.6) is 0 Å². The highest BCUT2D eigenvalue weighted by Gasteiger charge is 2.15. The highest BCUT2D eigenvalue weighted by molar-refractivity contribution is 14.0. The molecular weight excluding hydrogens is 337 g/mol. The summed E-state index contributed by atoms with van der Waals surface area (Å²) in [5, 5.41) is 6.91. The maximum Gasteiger partial charge on any atom is 0.191 e. The van der Waals surface area contributed by atoms with E-state index in [0.717, 1.165) is 12.5 Å². The van der Waals surface area contributed by atoms with Crippen LogP contribution in [0.4, 0.5) is 0 Å². The molecule has 18 heavy (non-hydrogen) atoms. The molecule has 1 rings (SSSR count). The Bertz CT molecular complexity index is 240. The van der Waals surface area contributed by atoms with E-state index in [-0.39, 0.29) is 24.0 Å². The number of aliphatic imine (C=N–C) groups is 1. The first-order valence-electron chi connectivity index (χ1n) is 6.98. The minimum atomic E-state index is 0. The molecule has 1 fully saturated rings. The quantitative estimate of drug-likeness (QED) is 0.345. The average molecular weight is 367 g/mol. The van der Waals surface area contributed by atoms with Crippen LogP contribution in [-0.4, -0.2) is 25.6 Å². The summed E-state index contributed by atoms with van der Waals surface area (Å²) < 4.78 is 0. The van der Waals surface area contributed by atoms with E-state index in [1.54, 1.807) is 0 Å². The molecule has 2 N–H and O–H groups in total. The molecule has 0 spiro atoms. The number of halogens is 1. The molecule has 0 aromatic heterocycles. The van der Waals surface area contributed by atoms with Crippen molar-refractivity contribution in [2.75, 3.05) is 13.6 Å². The lowest BCUT2D eigenvalue weighted by Gasteiger charge is -2.20. The van der Waals surface area contributed by atoms with Crippen LogP contribution in [0.25, 0.3) is 0 Å². The van der Waals surface area contributed by atoms with Crippen molar-refractivity contribution < 1.29 is 0 Å². The van der Waals surface area contributed by atoms with Gasteiger partial charge in [0.25, 0.3) is 0 Å². The highest BCUT2D eigenvalue weighted by Crippen LogP contribution is 2.20. The van der Waals surface area contributed by atoms with Crippen molar-refractivity contribution in [3.8, 4) is 0 Å². The third kappa shape index (κ3) is 8.16. The van der Waals surface area contributed by atoms with Crippen molar-refractivity contribution in [3.05, 3.63) is 0 Å². The molecule has 0 heterocycles. The number of rotatable bonds is 4. The second-order valence-corrected chi connectivity index (χ2v) is 6.29. The van der Waals surface area contributed by atoms with Gasteiger partial charge >= 0.3 is 0 Å². The fourth-order valence-electron chi connectivity index (χ4n) is 2.28. The predicted molar refractivity (Wildman–Crippen MR) is 90.9 cm³/mol. The van der Waals surface area contributed by atoms with Gasteiger partial charge in [0.2, 0.25) is 0 Å². The Morgan fingerprint density at radius 1 is 1.22 bits per heavy atom. The Morgan fingerprint density at radius 3 is 2.33 bits per heavy atom. The molecule has 0 bridgehead atoms. The fourth-order valence-corrected chi connectivity index (χ4v) is 2.28. The minimum Gasteiger partial charge on any atom is -0.356 e. The van der Waals surface area contributed by atoms with Crippen molar-refractivity contribution in [1.82, 2.24) is 10.6 Å². The van der Waals surface area contributed by atoms with Crippen LogP contribution in [-0.2, 0) is 0 Å². The molecule has 0 radical (unpaired) electrons. The van der Waals surface area contributed by atoms with E-state index in [4.69, 9.17) is 0 Å². The third-order valence-corrected chi connectivity index (χ3v) is 3.32. The summed E-state index contributed by atoms with van der Waals surface area (Å²) in [4.78, 5) is 4.28. The number of hydrogen-bond donors (Lipinski definition) is 2. The van der Waals surface area contributed by atoms with Crippen molar-refractivity contribution in [1.29, 1.82) is 0 Å². The SMILES string of the molecule is CN=C(NCCCC(C)(C)C)NC1CCCC1.I. The van der Waals surface area contributed by atoms with Gasteiger partial charge in [-0.1, -0.05) is 33.6 Å². The number of nitrogens with one attached hydrogen (secondary N) is 2. The van der Waals surface area contributed by atoms with Crippen LogP contribution in [0.1, 0.15) is 59.3 Å². The highest BCUT2D eigenvalue weighted by atomic mass is 127. The summed E-state index contributed by atoms with van der Waals surface area (Å²) in [6.07, 6.45) is 7.76. The molecule has 0 aromatic rings. The average Bonchev–Trinajstić information content (AvgIpc) is 2.73. The lowest BCUT2D eigenvalue weighted by Crippen LogP contribution is -2.42. The Morgan fingerprint density at radius 2 is 1.83 bits per heavy atom. The summed E-state index contributed by atoms with van der Waals surface area (Å²) in [6.45, 7) is 7.89. The van der Waals surface area contributed by atoms with Gasteiger partial charge in [0, 0.05) is 19.6 Å². The maximum absolute atomic E-state index is 4.28. The van der Waals surface area contributed by atoms with E-state index in [1.807, 2.05) is 7.05 Å². The Labute approximate surface area is 130 Å². The molecule has 108 valence electrons. The van der Waals surface area contributed by atoms with Gasteiger partial charge in [-0.3, -0.25) is 4.99 Å². The standard InChI is InChI=1S/C14H29N3.HI/c1-14(2,3)10-7-11-16-13(15-4)17-12-8-5-6-9-12;/h12H,5-11H2,1-4H3,(H2,15,16,17);1H. The molecule has 4 heteroatoms. The van der Waals surface area contributed by atoms with E-state index in [1.165, 1.54) is 38.5 Å². The second kappa shape index (κ2) is 8.99. The zero-order chi connectivity index (χ0) is 12.7. The Hall–Kier alpha value is 0. The van der Waals surface area contributed by atoms with Crippen molar-refractivity contribution in [2.45, 2.75) is 65.3 Å². The van der Waals surface area contributed by atoms with Crippen molar-refractivity contribution in [2.24, 2.45) is 10.4 Å². The predicted octanol–water partition coefficient (Wildman–Crippen LogP) is 3.54. The molecule has 0 aromatic carbocycles. The molecule has 0 saturated heterocycles. The lowest BCUT2D eigenvalue weighted by atomic mass is 9.91. The summed E-state index contributed by atoms with van der Waals surface area (Å²) in [7, 11) is 1.86. The van der Waals surface area contributed by atoms with E-state index < -0.39 is 0 Å². The van der Waals surface area contributed by atoms with Crippen LogP contribution in [0.15, 0.2) is 4.99 Å². The van der Waals surface area contributed by atoms with Crippen molar-refractivity contribution >= 4 is 29.9 Å². The van der Waals surface area contributed by atoms with E-state index in [0.29, 0.717) is 11.5 Å². The molecule has 1 saturated carbocycles. The van der Waals surface area contributed by atoms with Crippen molar-refractivity contribution in [3.63, 3.8) is 0 Å². The van der Waals surface area contributed by atoms with Crippen LogP contribution >= 0.6 is 24.0 Å². The maximum atomic E-state index is 4.28. The molecule has 0 unspecified atom stereocenters. The van der Waals surface area contributed by atoms with Gasteiger partial charge in [-0.15, -0.1) is 24.0 Å². The van der Waals surface area contributed by atoms with Gasteiger partial charge in [0.05, 0.1) is 0 Å². The molecule has 0 amide bonds. The van der Waals surface area contributed by atoms with Crippen LogP contribution < -0.4 is 10.6 Å². The monoisotopic (exact) mass is 367 g/mol. The summed E-state index contributed by atoms with van der Waals surface area (Å²) in [6, 6.07) is 0.642. The first-order chi connectivity index (χ1) is 8.01. The first kappa shape index (κ1) is 18.0. The molecule has 0 aliphatic heterocycles. The van der Waals surface area contributed by atoms with Gasteiger partial charge in [0.1, 0.15) is 0 Å². The zero-order valence-corrected chi connectivity index (χ0v) is 14.7. The molecule has 1 aliphatic carbocycles. The molecule has 3 nitrogen and oxygen atoms in total. The van der Waals surface area contributed by atoms with Gasteiger partial charge in [-0.2, -0.15) is 0 Å². The van der Waals surface area contributed by atoms with Gasteiger partial charge < -0.3 is 10.6 Å². The third-order valence-electron chi connectivity index (χ3n) is 3.32. The number of guanidine groups is 1. The largest absolute Gasteiger partial charge is 0.356 e. The minimum absolute atomic E-state index is 0. The topological polar surface area (TPSA) is 36.4 Å². The van der Waals surface area contributed by atoms with Crippen LogP contribution in [0, 0.1) is 5.41 Å². The smallest absolute Gasteiger partial charge is 0.191 e. The van der Waals surface area contributed by atoms with E-state index in [2.05, 4.69) is 36.4 Å². The lowest BCUT2D eigenvalue weighted by molar-refractivity contribution is 0.365. The zero-order valence-electron chi connectivity index (χ0n) is 12.4. The number of nitrogens with zero attached hydrogens (tertiary/aromatic N) is 1. The van der Waals surface area contributed by atoms with Crippen LogP contribution in [0.2, 0.25) is 0 Å². The van der Waals surface area contributed by atoms with Gasteiger partial charge in [-0.05, 0) is 31.1 Å². The molecular formula is C14H30IN3. The first-order valence-corrected chi connectivity index (χ1v) is 6.98. The summed E-state index contributed by atoms with van der Waals surface area (Å²) in [5.74, 6) is 0.978. The number of hydrogen-bond acceptors (Lipinski definition) is 1. The normalized spacial score (nSPS) is 17.4. The molecule has 0 atom stereocenters. The molecule has 1 aliphatic rings. The van der Waals surface area contributed by atoms with Crippen LogP contribution in [0.3, 0.4) is 0 Å². The van der Waals surface area contributed by atoms with E-state index >= 15 is 0 Å². The Balaban J connectivity index is 0.00000289. The van der Waals surface area contributed by atoms with E-state index in [9.17, 15) is 0 Å². The summed E-state index contributed by atoms with van der Waals surface area (Å²) >= 11 is 0. The fraction of sp³-hybridized carbons (Fsp3) is 0.929. The summed E-state index contributed by atoms with van der Waals surface area (Å²) in [5.41, 5.74) is 0.435. The second-order valence-electron chi connectivity index (χ2n) is 6.29. The Kier molecular flexibility index (Phi) is 8.99.